The molecule has 2 rings (SSSR count). The average Bonchev–Trinajstić information content (AvgIpc) is 2.92. The van der Waals surface area contributed by atoms with E-state index in [1.165, 1.54) is 0 Å². The normalized spacial score (nSPS) is 12.9. The molecule has 2 aromatic rings. The van der Waals surface area contributed by atoms with Gasteiger partial charge in [-0.1, -0.05) is 19.1 Å². The van der Waals surface area contributed by atoms with Crippen LogP contribution >= 0.6 is 0 Å². The molecular formula is C10H18N8. The molecule has 0 saturated heterocycles. The number of hydrogen-bond donors (Lipinski definition) is 3. The van der Waals surface area contributed by atoms with Gasteiger partial charge in [0.15, 0.2) is 5.82 Å². The van der Waals surface area contributed by atoms with Crippen LogP contribution in [0.4, 0.5) is 11.5 Å². The Morgan fingerprint density at radius 3 is 2.56 bits per heavy atom. The van der Waals surface area contributed by atoms with Crippen LogP contribution in [0, 0.1) is 0 Å². The van der Waals surface area contributed by atoms with Crippen molar-refractivity contribution >= 4 is 11.5 Å². The highest BCUT2D eigenvalue weighted by Gasteiger charge is 2.19. The number of anilines is 2. The minimum atomic E-state index is -0.0959. The Morgan fingerprint density at radius 1 is 1.33 bits per heavy atom. The van der Waals surface area contributed by atoms with E-state index in [4.69, 9.17) is 5.73 Å². The van der Waals surface area contributed by atoms with Crippen LogP contribution in [0.25, 0.3) is 0 Å². The third kappa shape index (κ3) is 2.13. The third-order valence-corrected chi connectivity index (χ3v) is 2.76. The Balaban J connectivity index is 2.24. The lowest BCUT2D eigenvalue weighted by molar-refractivity contribution is 0.701. The molecule has 0 spiro atoms. The number of nitrogens with one attached hydrogen (secondary N) is 2. The quantitative estimate of drug-likeness (QED) is 0.740. The van der Waals surface area contributed by atoms with Crippen LogP contribution in [-0.2, 0) is 7.05 Å². The van der Waals surface area contributed by atoms with Crippen molar-refractivity contribution in [2.24, 2.45) is 7.05 Å². The Labute approximate surface area is 105 Å². The lowest BCUT2D eigenvalue weighted by Gasteiger charge is -2.12. The van der Waals surface area contributed by atoms with Crippen molar-refractivity contribution < 1.29 is 0 Å². The smallest absolute Gasteiger partial charge is 0.196 e. The summed E-state index contributed by atoms with van der Waals surface area (Å²) in [5.74, 6) is 1.64. The molecular weight excluding hydrogens is 232 g/mol. The van der Waals surface area contributed by atoms with E-state index in [0.717, 1.165) is 11.5 Å². The van der Waals surface area contributed by atoms with Gasteiger partial charge < -0.3 is 11.1 Å². The molecule has 1 unspecified atom stereocenters. The molecule has 8 nitrogen and oxygen atoms in total. The summed E-state index contributed by atoms with van der Waals surface area (Å²) in [7, 11) is 1.85. The predicted octanol–water partition coefficient (Wildman–Crippen LogP) is 0.812. The highest BCUT2D eigenvalue weighted by molar-refractivity contribution is 5.66. The fraction of sp³-hybridized carbons (Fsp3) is 0.600. The summed E-state index contributed by atoms with van der Waals surface area (Å²) >= 11 is 0. The molecule has 98 valence electrons. The van der Waals surface area contributed by atoms with Crippen LogP contribution in [0.15, 0.2) is 0 Å². The standard InChI is InChI=1S/C10H18N8/c1-5(2)8-7(11)10(18(4)15-8)12-6(3)9-13-16-17-14-9/h5-6,12H,11H2,1-4H3,(H,13,14,16,17). The first-order chi connectivity index (χ1) is 8.50. The van der Waals surface area contributed by atoms with Crippen molar-refractivity contribution in [3.05, 3.63) is 11.5 Å². The van der Waals surface area contributed by atoms with Crippen LogP contribution in [0.5, 0.6) is 0 Å². The summed E-state index contributed by atoms with van der Waals surface area (Å²) in [6.45, 7) is 6.06. The molecule has 1 atom stereocenters. The van der Waals surface area contributed by atoms with Crippen LogP contribution in [-0.4, -0.2) is 30.4 Å². The highest BCUT2D eigenvalue weighted by Crippen LogP contribution is 2.29. The molecule has 0 aliphatic rings. The zero-order valence-electron chi connectivity index (χ0n) is 11.0. The van der Waals surface area contributed by atoms with E-state index in [1.54, 1.807) is 4.68 Å². The number of nitrogens with two attached hydrogens (primary N) is 1. The zero-order chi connectivity index (χ0) is 13.3. The Bertz CT molecular complexity index is 512. The third-order valence-electron chi connectivity index (χ3n) is 2.76. The molecule has 0 fully saturated rings. The summed E-state index contributed by atoms with van der Waals surface area (Å²) in [6.07, 6.45) is 0. The number of nitrogens with zero attached hydrogens (tertiary/aromatic N) is 5. The second-order valence-electron chi connectivity index (χ2n) is 4.56. The lowest BCUT2D eigenvalue weighted by Crippen LogP contribution is -2.12. The van der Waals surface area contributed by atoms with Crippen LogP contribution in [0.1, 0.15) is 44.2 Å². The second kappa shape index (κ2) is 4.63. The number of rotatable bonds is 4. The van der Waals surface area contributed by atoms with Crippen molar-refractivity contribution in [2.75, 3.05) is 11.1 Å². The van der Waals surface area contributed by atoms with E-state index in [9.17, 15) is 0 Å². The Morgan fingerprint density at radius 2 is 2.06 bits per heavy atom. The fourth-order valence-corrected chi connectivity index (χ4v) is 1.78. The van der Waals surface area contributed by atoms with E-state index in [-0.39, 0.29) is 12.0 Å². The number of hydrogen-bond acceptors (Lipinski definition) is 6. The summed E-state index contributed by atoms with van der Waals surface area (Å²) in [4.78, 5) is 0. The van der Waals surface area contributed by atoms with Crippen LogP contribution < -0.4 is 11.1 Å². The molecule has 0 aliphatic carbocycles. The van der Waals surface area contributed by atoms with E-state index >= 15 is 0 Å². The van der Waals surface area contributed by atoms with E-state index in [0.29, 0.717) is 11.5 Å². The van der Waals surface area contributed by atoms with E-state index in [2.05, 4.69) is 44.9 Å². The maximum Gasteiger partial charge on any atom is 0.196 e. The maximum atomic E-state index is 6.10. The van der Waals surface area contributed by atoms with Gasteiger partial charge in [-0.2, -0.15) is 10.3 Å². The molecule has 0 aliphatic heterocycles. The van der Waals surface area contributed by atoms with Gasteiger partial charge in [0, 0.05) is 7.05 Å². The first kappa shape index (κ1) is 12.3. The van der Waals surface area contributed by atoms with Gasteiger partial charge in [0.05, 0.1) is 17.4 Å². The summed E-state index contributed by atoms with van der Waals surface area (Å²) in [5.41, 5.74) is 7.66. The van der Waals surface area contributed by atoms with Gasteiger partial charge in [0.2, 0.25) is 0 Å². The monoisotopic (exact) mass is 250 g/mol. The molecule has 18 heavy (non-hydrogen) atoms. The number of nitrogen functional groups attached to an aromatic ring is 1. The van der Waals surface area contributed by atoms with Crippen LogP contribution in [0.3, 0.4) is 0 Å². The minimum absolute atomic E-state index is 0.0959. The largest absolute Gasteiger partial charge is 0.394 e. The topological polar surface area (TPSA) is 110 Å². The maximum absolute atomic E-state index is 6.10. The molecule has 2 aromatic heterocycles. The fourth-order valence-electron chi connectivity index (χ4n) is 1.78. The second-order valence-corrected chi connectivity index (χ2v) is 4.56. The minimum Gasteiger partial charge on any atom is -0.394 e. The summed E-state index contributed by atoms with van der Waals surface area (Å²) < 4.78 is 1.74. The van der Waals surface area contributed by atoms with Gasteiger partial charge >= 0.3 is 0 Å². The average molecular weight is 250 g/mol. The first-order valence-corrected chi connectivity index (χ1v) is 5.83. The van der Waals surface area contributed by atoms with Gasteiger partial charge in [-0.25, -0.2) is 0 Å². The van der Waals surface area contributed by atoms with Gasteiger partial charge in [-0.05, 0) is 12.8 Å². The Hall–Kier alpha value is -2.12. The van der Waals surface area contributed by atoms with Gasteiger partial charge in [0.1, 0.15) is 5.82 Å². The first-order valence-electron chi connectivity index (χ1n) is 5.83. The Kier molecular flexibility index (Phi) is 3.17. The van der Waals surface area contributed by atoms with Gasteiger partial charge in [-0.15, -0.1) is 10.2 Å². The SMILES string of the molecule is CC(C)c1nn(C)c(NC(C)c2nn[nH]n2)c1N. The molecule has 4 N–H and O–H groups in total. The summed E-state index contributed by atoms with van der Waals surface area (Å²) in [5, 5.41) is 21.5. The molecule has 2 heterocycles. The number of tetrazole rings is 1. The van der Waals surface area contributed by atoms with E-state index in [1.807, 2.05) is 14.0 Å². The molecule has 0 radical (unpaired) electrons. The highest BCUT2D eigenvalue weighted by atomic mass is 15.5. The van der Waals surface area contributed by atoms with Crippen molar-refractivity contribution in [1.29, 1.82) is 0 Å². The molecule has 0 bridgehead atoms. The van der Waals surface area contributed by atoms with Gasteiger partial charge in [0.25, 0.3) is 0 Å². The van der Waals surface area contributed by atoms with Crippen molar-refractivity contribution in [3.8, 4) is 0 Å². The predicted molar refractivity (Wildman–Crippen MR) is 67.9 cm³/mol. The molecule has 0 amide bonds. The lowest BCUT2D eigenvalue weighted by atomic mass is 10.1. The van der Waals surface area contributed by atoms with Crippen molar-refractivity contribution in [2.45, 2.75) is 32.7 Å². The van der Waals surface area contributed by atoms with Gasteiger partial charge in [-0.3, -0.25) is 4.68 Å². The number of aryl methyl sites for hydroxylation is 1. The number of H-pyrrole nitrogens is 1. The molecule has 0 saturated carbocycles. The number of aromatic amines is 1. The molecule has 0 aromatic carbocycles. The van der Waals surface area contributed by atoms with E-state index < -0.39 is 0 Å². The van der Waals surface area contributed by atoms with Crippen molar-refractivity contribution in [1.82, 2.24) is 30.4 Å². The zero-order valence-corrected chi connectivity index (χ0v) is 11.0. The molecule has 8 heteroatoms. The van der Waals surface area contributed by atoms with Crippen molar-refractivity contribution in [3.63, 3.8) is 0 Å². The van der Waals surface area contributed by atoms with Crippen LogP contribution in [0.2, 0.25) is 0 Å². The number of aromatic nitrogens is 6. The summed E-state index contributed by atoms with van der Waals surface area (Å²) in [6, 6.07) is -0.0959.